The molecule has 1 amide bonds. The summed E-state index contributed by atoms with van der Waals surface area (Å²) in [7, 11) is 1.32. The van der Waals surface area contributed by atoms with Crippen molar-refractivity contribution in [1.82, 2.24) is 5.32 Å². The van der Waals surface area contributed by atoms with Crippen molar-refractivity contribution in [3.05, 3.63) is 34.3 Å². The third kappa shape index (κ3) is 4.14. The number of nitrogens with one attached hydrogen (secondary N) is 1. The molecule has 0 bridgehead atoms. The lowest BCUT2D eigenvalue weighted by Crippen LogP contribution is -2.41. The Hall–Kier alpha value is -1.36. The lowest BCUT2D eigenvalue weighted by Gasteiger charge is -2.15. The second-order valence-corrected chi connectivity index (χ2v) is 4.76. The second kappa shape index (κ2) is 7.16. The molecule has 5 heteroatoms. The summed E-state index contributed by atoms with van der Waals surface area (Å²) in [6.07, 6.45) is 1.36. The zero-order valence-electron chi connectivity index (χ0n) is 10.4. The Bertz CT molecular complexity index is 417. The van der Waals surface area contributed by atoms with E-state index in [0.717, 1.165) is 10.9 Å². The van der Waals surface area contributed by atoms with Crippen LogP contribution in [0.3, 0.4) is 0 Å². The molecule has 0 saturated heterocycles. The molecule has 0 aliphatic heterocycles. The van der Waals surface area contributed by atoms with E-state index in [-0.39, 0.29) is 5.91 Å². The molecule has 0 radical (unpaired) electrons. The Labute approximate surface area is 115 Å². The van der Waals surface area contributed by atoms with Crippen molar-refractivity contribution in [1.29, 1.82) is 0 Å². The average Bonchev–Trinajstić information content (AvgIpc) is 2.38. The minimum absolute atomic E-state index is 0.272. The standard InChI is InChI=1S/C13H16BrNO3/c1-3-4-11(13(17)18-2)15-12(16)9-5-7-10(14)8-6-9/h5-8,11H,3-4H2,1-2H3,(H,15,16)/t11-/m0/s1. The lowest BCUT2D eigenvalue weighted by molar-refractivity contribution is -0.143. The Morgan fingerprint density at radius 2 is 1.94 bits per heavy atom. The van der Waals surface area contributed by atoms with E-state index in [4.69, 9.17) is 0 Å². The zero-order valence-corrected chi connectivity index (χ0v) is 12.0. The molecule has 0 unspecified atom stereocenters. The van der Waals surface area contributed by atoms with E-state index in [9.17, 15) is 9.59 Å². The number of amides is 1. The predicted octanol–water partition coefficient (Wildman–Crippen LogP) is 2.52. The summed E-state index contributed by atoms with van der Waals surface area (Å²) >= 11 is 3.30. The molecule has 1 aromatic carbocycles. The smallest absolute Gasteiger partial charge is 0.328 e. The van der Waals surface area contributed by atoms with Gasteiger partial charge in [-0.3, -0.25) is 4.79 Å². The number of esters is 1. The number of carbonyl (C=O) groups excluding carboxylic acids is 2. The minimum Gasteiger partial charge on any atom is -0.467 e. The minimum atomic E-state index is -0.587. The fourth-order valence-corrected chi connectivity index (χ4v) is 1.79. The Kier molecular flexibility index (Phi) is 5.85. The molecule has 0 spiro atoms. The maximum absolute atomic E-state index is 11.9. The van der Waals surface area contributed by atoms with E-state index in [0.29, 0.717) is 12.0 Å². The van der Waals surface area contributed by atoms with Crippen molar-refractivity contribution in [2.75, 3.05) is 7.11 Å². The van der Waals surface area contributed by atoms with Crippen molar-refractivity contribution >= 4 is 27.8 Å². The van der Waals surface area contributed by atoms with Crippen LogP contribution in [0, 0.1) is 0 Å². The van der Waals surface area contributed by atoms with Gasteiger partial charge in [0.15, 0.2) is 0 Å². The fraction of sp³-hybridized carbons (Fsp3) is 0.385. The first-order chi connectivity index (χ1) is 8.58. The molecule has 4 nitrogen and oxygen atoms in total. The van der Waals surface area contributed by atoms with Crippen molar-refractivity contribution in [2.24, 2.45) is 0 Å². The number of rotatable bonds is 5. The molecule has 0 aliphatic carbocycles. The number of hydrogen-bond donors (Lipinski definition) is 1. The third-order valence-electron chi connectivity index (χ3n) is 2.47. The van der Waals surface area contributed by atoms with Crippen LogP contribution in [0.25, 0.3) is 0 Å². The van der Waals surface area contributed by atoms with Gasteiger partial charge in [0.2, 0.25) is 0 Å². The Morgan fingerprint density at radius 1 is 1.33 bits per heavy atom. The molecule has 1 N–H and O–H groups in total. The monoisotopic (exact) mass is 313 g/mol. The molecule has 1 rings (SSSR count). The van der Waals surface area contributed by atoms with Crippen molar-refractivity contribution in [3.8, 4) is 0 Å². The molecule has 1 aromatic rings. The van der Waals surface area contributed by atoms with E-state index in [1.165, 1.54) is 7.11 Å². The quantitative estimate of drug-likeness (QED) is 0.850. The highest BCUT2D eigenvalue weighted by Crippen LogP contribution is 2.11. The van der Waals surface area contributed by atoms with E-state index < -0.39 is 12.0 Å². The van der Waals surface area contributed by atoms with Gasteiger partial charge in [-0.15, -0.1) is 0 Å². The molecule has 0 heterocycles. The van der Waals surface area contributed by atoms with Crippen LogP contribution in [-0.4, -0.2) is 25.0 Å². The van der Waals surface area contributed by atoms with Crippen LogP contribution in [0.5, 0.6) is 0 Å². The molecular formula is C13H16BrNO3. The topological polar surface area (TPSA) is 55.4 Å². The molecule has 0 saturated carbocycles. The second-order valence-electron chi connectivity index (χ2n) is 3.84. The molecule has 98 valence electrons. The van der Waals surface area contributed by atoms with Crippen LogP contribution in [0.4, 0.5) is 0 Å². The van der Waals surface area contributed by atoms with Crippen LogP contribution in [0.15, 0.2) is 28.7 Å². The summed E-state index contributed by atoms with van der Waals surface area (Å²) < 4.78 is 5.56. The first kappa shape index (κ1) is 14.7. The van der Waals surface area contributed by atoms with Crippen LogP contribution in [-0.2, 0) is 9.53 Å². The van der Waals surface area contributed by atoms with Gasteiger partial charge in [0.1, 0.15) is 6.04 Å². The van der Waals surface area contributed by atoms with Crippen molar-refractivity contribution in [2.45, 2.75) is 25.8 Å². The summed E-state index contributed by atoms with van der Waals surface area (Å²) in [5.41, 5.74) is 0.517. The van der Waals surface area contributed by atoms with Gasteiger partial charge in [-0.05, 0) is 30.7 Å². The van der Waals surface area contributed by atoms with Gasteiger partial charge in [-0.2, -0.15) is 0 Å². The Balaban J connectivity index is 2.71. The predicted molar refractivity (Wildman–Crippen MR) is 72.3 cm³/mol. The first-order valence-corrected chi connectivity index (χ1v) is 6.52. The number of hydrogen-bond acceptors (Lipinski definition) is 3. The van der Waals surface area contributed by atoms with Gasteiger partial charge in [-0.1, -0.05) is 29.3 Å². The van der Waals surface area contributed by atoms with Gasteiger partial charge in [0.05, 0.1) is 7.11 Å². The molecule has 0 aliphatic rings. The molecule has 1 atom stereocenters. The van der Waals surface area contributed by atoms with Gasteiger partial charge in [-0.25, -0.2) is 4.79 Å². The summed E-state index contributed by atoms with van der Waals surface area (Å²) in [6, 6.07) is 6.36. The SMILES string of the molecule is CCC[C@H](NC(=O)c1ccc(Br)cc1)C(=O)OC. The maximum atomic E-state index is 11.9. The van der Waals surface area contributed by atoms with E-state index in [1.807, 2.05) is 6.92 Å². The van der Waals surface area contributed by atoms with E-state index in [1.54, 1.807) is 24.3 Å². The van der Waals surface area contributed by atoms with Crippen LogP contribution < -0.4 is 5.32 Å². The van der Waals surface area contributed by atoms with Crippen LogP contribution in [0.2, 0.25) is 0 Å². The average molecular weight is 314 g/mol. The normalized spacial score (nSPS) is 11.7. The fourth-order valence-electron chi connectivity index (χ4n) is 1.52. The highest BCUT2D eigenvalue weighted by atomic mass is 79.9. The van der Waals surface area contributed by atoms with E-state index in [2.05, 4.69) is 26.0 Å². The number of carbonyl (C=O) groups is 2. The molecule has 0 fully saturated rings. The van der Waals surface area contributed by atoms with Gasteiger partial charge >= 0.3 is 5.97 Å². The molecule has 18 heavy (non-hydrogen) atoms. The summed E-state index contributed by atoms with van der Waals surface area (Å²) in [5, 5.41) is 2.68. The molecule has 0 aromatic heterocycles. The summed E-state index contributed by atoms with van der Waals surface area (Å²) in [4.78, 5) is 23.4. The first-order valence-electron chi connectivity index (χ1n) is 5.72. The Morgan fingerprint density at radius 3 is 2.44 bits per heavy atom. The highest BCUT2D eigenvalue weighted by molar-refractivity contribution is 9.10. The largest absolute Gasteiger partial charge is 0.467 e. The van der Waals surface area contributed by atoms with E-state index >= 15 is 0 Å². The van der Waals surface area contributed by atoms with Gasteiger partial charge in [0, 0.05) is 10.0 Å². The number of halogens is 1. The van der Waals surface area contributed by atoms with Crippen LogP contribution >= 0.6 is 15.9 Å². The number of benzene rings is 1. The van der Waals surface area contributed by atoms with Gasteiger partial charge in [0.25, 0.3) is 5.91 Å². The summed E-state index contributed by atoms with van der Waals surface area (Å²) in [5.74, 6) is -0.686. The lowest BCUT2D eigenvalue weighted by atomic mass is 10.1. The zero-order chi connectivity index (χ0) is 13.5. The third-order valence-corrected chi connectivity index (χ3v) is 3.00. The molecular weight excluding hydrogens is 298 g/mol. The van der Waals surface area contributed by atoms with Crippen molar-refractivity contribution in [3.63, 3.8) is 0 Å². The highest BCUT2D eigenvalue weighted by Gasteiger charge is 2.20. The van der Waals surface area contributed by atoms with Crippen molar-refractivity contribution < 1.29 is 14.3 Å². The maximum Gasteiger partial charge on any atom is 0.328 e. The van der Waals surface area contributed by atoms with Gasteiger partial charge < -0.3 is 10.1 Å². The number of methoxy groups -OCH3 is 1. The van der Waals surface area contributed by atoms with Crippen LogP contribution in [0.1, 0.15) is 30.1 Å². The summed E-state index contributed by atoms with van der Waals surface area (Å²) in [6.45, 7) is 1.95. The number of ether oxygens (including phenoxy) is 1.